The van der Waals surface area contributed by atoms with Crippen LogP contribution in [0.3, 0.4) is 0 Å². The van der Waals surface area contributed by atoms with E-state index >= 15 is 0 Å². The summed E-state index contributed by atoms with van der Waals surface area (Å²) in [5.74, 6) is -2.56. The highest BCUT2D eigenvalue weighted by molar-refractivity contribution is 7.66. The van der Waals surface area contributed by atoms with Crippen LogP contribution in [0.4, 0.5) is 17.7 Å². The smallest absolute Gasteiger partial charge is 0.387 e. The maximum Gasteiger partial charge on any atom is 0.490 e. The van der Waals surface area contributed by atoms with Gasteiger partial charge in [0.25, 0.3) is 23.0 Å². The third-order valence-electron chi connectivity index (χ3n) is 13.4. The van der Waals surface area contributed by atoms with E-state index in [1.807, 2.05) is 0 Å². The molecule has 0 bridgehead atoms. The number of ether oxygens (including phenoxy) is 4. The number of phosphoric ester groups is 2. The lowest BCUT2D eigenvalue weighted by Gasteiger charge is -2.28. The molecule has 3 aliphatic heterocycles. The van der Waals surface area contributed by atoms with E-state index in [4.69, 9.17) is 49.7 Å². The number of amides is 1. The number of nitrogens with one attached hydrogen (secondary N) is 3. The summed E-state index contributed by atoms with van der Waals surface area (Å²) in [6.45, 7) is -3.75. The van der Waals surface area contributed by atoms with Crippen molar-refractivity contribution in [2.24, 2.45) is 13.0 Å². The quantitative estimate of drug-likeness (QED) is 0.0253. The lowest BCUT2D eigenvalue weighted by atomic mass is 9.98. The van der Waals surface area contributed by atoms with Crippen molar-refractivity contribution in [2.45, 2.75) is 67.1 Å². The second-order valence-electron chi connectivity index (χ2n) is 18.7. The number of carbonyl (C=O) groups excluding carboxylic acids is 1. The van der Waals surface area contributed by atoms with Gasteiger partial charge < -0.3 is 80.9 Å². The number of anilines is 3. The molecule has 1 aromatic carbocycles. The van der Waals surface area contributed by atoms with Crippen molar-refractivity contribution in [3.8, 4) is 0 Å². The highest BCUT2D eigenvalue weighted by atomic mass is 31.3. The first-order chi connectivity index (χ1) is 39.2. The van der Waals surface area contributed by atoms with Gasteiger partial charge in [-0.1, -0.05) is 23.2 Å². The van der Waals surface area contributed by atoms with Crippen LogP contribution in [-0.4, -0.2) is 176 Å². The first-order valence-corrected chi connectivity index (χ1v) is 30.2. The molecular formula is C40H51N16O23P4+. The van der Waals surface area contributed by atoms with E-state index in [9.17, 15) is 67.5 Å². The van der Waals surface area contributed by atoms with Gasteiger partial charge in [0.1, 0.15) is 54.1 Å². The summed E-state index contributed by atoms with van der Waals surface area (Å²) in [5.41, 5.74) is 13.9. The van der Waals surface area contributed by atoms with Crippen molar-refractivity contribution >= 4 is 88.2 Å². The fraction of sp³-hybridized carbons (Fsp3) is 0.450. The molecule has 448 valence electrons. The second kappa shape index (κ2) is 22.9. The third kappa shape index (κ3) is 12.0. The molecule has 16 atom stereocenters. The zero-order chi connectivity index (χ0) is 59.7. The van der Waals surface area contributed by atoms with E-state index < -0.39 is 147 Å². The van der Waals surface area contributed by atoms with Crippen LogP contribution in [0.2, 0.25) is 0 Å². The summed E-state index contributed by atoms with van der Waals surface area (Å²) in [5, 5.41) is 36.3. The molecule has 0 spiro atoms. The van der Waals surface area contributed by atoms with Crippen LogP contribution in [0.1, 0.15) is 29.0 Å². The first-order valence-electron chi connectivity index (χ1n) is 24.1. The average molecular weight is 1250 g/mol. The van der Waals surface area contributed by atoms with Gasteiger partial charge in [0.15, 0.2) is 41.4 Å². The number of H-pyrrole nitrogens is 2. The van der Waals surface area contributed by atoms with Crippen LogP contribution in [-0.2, 0) is 66.4 Å². The van der Waals surface area contributed by atoms with Crippen LogP contribution < -0.4 is 38.2 Å². The van der Waals surface area contributed by atoms with Gasteiger partial charge >= 0.3 is 36.7 Å². The Morgan fingerprint density at radius 2 is 1.35 bits per heavy atom. The van der Waals surface area contributed by atoms with Crippen LogP contribution in [0.5, 0.6) is 0 Å². The van der Waals surface area contributed by atoms with Gasteiger partial charge in [0.2, 0.25) is 17.7 Å². The fourth-order valence-corrected chi connectivity index (χ4v) is 15.0. The molecule has 7 aromatic rings. The minimum Gasteiger partial charge on any atom is -0.387 e. The monoisotopic (exact) mass is 1250 g/mol. The summed E-state index contributed by atoms with van der Waals surface area (Å²) in [7, 11) is -21.0. The minimum atomic E-state index is -6.27. The van der Waals surface area contributed by atoms with E-state index in [0.717, 1.165) is 30.7 Å². The molecule has 9 heterocycles. The molecule has 3 aliphatic rings. The van der Waals surface area contributed by atoms with Gasteiger partial charge in [-0.05, 0) is 12.1 Å². The van der Waals surface area contributed by atoms with Crippen molar-refractivity contribution < 1.29 is 104 Å². The Morgan fingerprint density at radius 1 is 0.735 bits per heavy atom. The molecule has 43 heteroatoms. The van der Waals surface area contributed by atoms with Gasteiger partial charge in [-0.25, -0.2) is 38.2 Å². The largest absolute Gasteiger partial charge is 0.490 e. The molecule has 0 saturated carbocycles. The van der Waals surface area contributed by atoms with E-state index in [1.165, 1.54) is 39.2 Å². The summed E-state index contributed by atoms with van der Waals surface area (Å²) < 4.78 is 107. The standard InChI is InChI=1S/C40H50N16O23P4/c1-53-15-56(32-23(53)35(62)52-40(43)50-32)36-24(57)17(8-44-33(60)16-6-4-3-5-7-16)18(75-36)9-73-81(65,66)78-83(69,70)79-82(67,68)74-11-20-28(27(71-2)38(77-20)54-13-47-21-29(41)45-12-46-30(21)54)80(63,64)72-10-19-25(58)26(59)37(76-19)55-14-48-22-31(55)49-39(42)51-34(22)61/h3-7,12-15,17-20,24-28,36-38,57-59H,8-11H2,1-2H3,(H12-,41,42,43,44,45,46,49,50,51,52,60,61,62,63,64,65,66,67,68,69,70)/p+1/t17-,18-,19-,20-,24-,25-,26-,27-,28-,36-,37-,38-/m1/s1. The van der Waals surface area contributed by atoms with Gasteiger partial charge in [-0.15, -0.1) is 0 Å². The van der Waals surface area contributed by atoms with Crippen molar-refractivity contribution in [2.75, 3.05) is 50.7 Å². The van der Waals surface area contributed by atoms with Crippen molar-refractivity contribution in [1.29, 1.82) is 0 Å². The normalized spacial score (nSPS) is 28.5. The summed E-state index contributed by atoms with van der Waals surface area (Å²) >= 11 is 0. The number of methoxy groups -OCH3 is 1. The molecule has 16 N–H and O–H groups in total. The van der Waals surface area contributed by atoms with Crippen molar-refractivity contribution in [1.82, 2.24) is 58.9 Å². The number of aliphatic hydroxyl groups is 3. The summed E-state index contributed by atoms with van der Waals surface area (Å²) in [4.78, 5) is 111. The number of aromatic amines is 2. The molecule has 10 rings (SSSR count). The zero-order valence-electron chi connectivity index (χ0n) is 42.6. The molecule has 6 aromatic heterocycles. The van der Waals surface area contributed by atoms with E-state index in [-0.39, 0.29) is 56.8 Å². The number of aliphatic hydroxyl groups excluding tert-OH is 3. The van der Waals surface area contributed by atoms with Crippen molar-refractivity contribution in [3.63, 3.8) is 0 Å². The number of benzene rings is 1. The second-order valence-corrected chi connectivity index (χ2v) is 25.4. The molecule has 3 fully saturated rings. The number of fused-ring (bicyclic) bond motifs is 3. The lowest BCUT2D eigenvalue weighted by molar-refractivity contribution is -0.745. The SMILES string of the molecule is CO[C@@H]1[C@H](P(=O)(O)OC[C@H]2O[C@@H](n3cnc4c(=O)[nH]c(N)nc43)[C@H](O)[C@@H]2O)[C@@H](COP(=O)(O)OP(=O)(O)OP(=O)(O)OC[C@H]2O[C@@H]([n+]3cn(C)c4c(=O)[nH]c(N)nc43)[C@H](O)[C@@H]2CNC(=O)c2ccccc2)O[C@H]1n1cnc2c(N)ncnc21. The molecule has 83 heavy (non-hydrogen) atoms. The predicted octanol–water partition coefficient (Wildman–Crippen LogP) is -2.96. The maximum absolute atomic E-state index is 14.5. The number of carbonyl (C=O) groups is 1. The van der Waals surface area contributed by atoms with Crippen LogP contribution in [0.15, 0.2) is 65.2 Å². The van der Waals surface area contributed by atoms with E-state index in [0.29, 0.717) is 0 Å². The molecule has 0 radical (unpaired) electrons. The van der Waals surface area contributed by atoms with Gasteiger partial charge in [0, 0.05) is 25.1 Å². The van der Waals surface area contributed by atoms with E-state index in [1.54, 1.807) is 18.2 Å². The fourth-order valence-electron chi connectivity index (χ4n) is 9.73. The molecular weight excluding hydrogens is 1200 g/mol. The Labute approximate surface area is 462 Å². The Morgan fingerprint density at radius 3 is 2.04 bits per heavy atom. The van der Waals surface area contributed by atoms with Gasteiger partial charge in [-0.2, -0.15) is 13.6 Å². The summed E-state index contributed by atoms with van der Waals surface area (Å²) in [6.07, 6.45) is -11.8. The van der Waals surface area contributed by atoms with Gasteiger partial charge in [0.05, 0.1) is 45.6 Å². The number of imidazole rings is 3. The number of phosphoric acid groups is 3. The zero-order valence-corrected chi connectivity index (χ0v) is 46.2. The van der Waals surface area contributed by atoms with Crippen molar-refractivity contribution in [3.05, 3.63) is 81.9 Å². The molecule has 1 amide bonds. The Hall–Kier alpha value is -6.38. The minimum absolute atomic E-state index is 0.0104. The Kier molecular flexibility index (Phi) is 16.5. The number of aromatic nitrogens is 12. The van der Waals surface area contributed by atoms with Crippen LogP contribution in [0, 0.1) is 5.92 Å². The topological polar surface area (TPSA) is 562 Å². The van der Waals surface area contributed by atoms with Crippen LogP contribution in [0.25, 0.3) is 33.5 Å². The van der Waals surface area contributed by atoms with E-state index in [2.05, 4.69) is 53.8 Å². The number of hydrogen-bond donors (Lipinski definition) is 13. The number of nitrogen functional groups attached to an aromatic ring is 3. The maximum atomic E-state index is 14.5. The highest BCUT2D eigenvalue weighted by Gasteiger charge is 2.58. The number of aryl methyl sites for hydroxylation is 1. The third-order valence-corrected chi connectivity index (χ3v) is 19.6. The van der Waals surface area contributed by atoms with Crippen LogP contribution >= 0.6 is 31.1 Å². The number of rotatable bonds is 21. The number of hydrogen-bond acceptors (Lipinski definition) is 28. The lowest BCUT2D eigenvalue weighted by Crippen LogP contribution is -2.46. The molecule has 0 aliphatic carbocycles. The molecule has 39 nitrogen and oxygen atoms in total. The number of nitrogens with zero attached hydrogens (tertiary/aromatic N) is 10. The first kappa shape index (κ1) is 59.8. The molecule has 4 unspecified atom stereocenters. The Bertz CT molecular complexity index is 3920. The average Bonchev–Trinajstić information content (AvgIpc) is 4.30. The van der Waals surface area contributed by atoms with Gasteiger partial charge in [-0.3, -0.25) is 51.7 Å². The summed E-state index contributed by atoms with van der Waals surface area (Å²) in [6, 6.07) is 7.84. The number of nitrogens with two attached hydrogens (primary N) is 3. The predicted molar refractivity (Wildman–Crippen MR) is 274 cm³/mol. The highest BCUT2D eigenvalue weighted by Crippen LogP contribution is 2.68. The molecule has 3 saturated heterocycles. The Balaban J connectivity index is 0.835.